The minimum absolute atomic E-state index is 0.0294. The Morgan fingerprint density at radius 3 is 2.87 bits per heavy atom. The number of benzene rings is 2. The molecule has 8 heteroatoms. The summed E-state index contributed by atoms with van der Waals surface area (Å²) in [6.45, 7) is 0.523. The van der Waals surface area contributed by atoms with E-state index in [0.717, 1.165) is 18.2 Å². The molecule has 0 saturated heterocycles. The second-order valence-electron chi connectivity index (χ2n) is 7.65. The van der Waals surface area contributed by atoms with Crippen LogP contribution in [-0.4, -0.2) is 24.0 Å². The quantitative estimate of drug-likeness (QED) is 0.694. The molecule has 0 radical (unpaired) electrons. The topological polar surface area (TPSA) is 68.5 Å². The third-order valence-corrected chi connectivity index (χ3v) is 5.89. The number of halogens is 3. The van der Waals surface area contributed by atoms with Gasteiger partial charge < -0.3 is 15.4 Å². The second-order valence-corrected chi connectivity index (χ2v) is 7.65. The molecule has 1 amide bonds. The number of nitrogens with zero attached hydrogens (tertiary/aromatic N) is 2. The number of hydrogen-bond donors (Lipinski definition) is 1. The maximum atomic E-state index is 15.5. The van der Waals surface area contributed by atoms with Gasteiger partial charge in [0.25, 0.3) is 0 Å². The van der Waals surface area contributed by atoms with E-state index in [9.17, 15) is 13.6 Å². The fraction of sp³-hybridized carbons (Fsp3) is 0.217. The molecule has 158 valence electrons. The maximum Gasteiger partial charge on any atom is 0.231 e. The predicted octanol–water partition coefficient (Wildman–Crippen LogP) is 3.74. The van der Waals surface area contributed by atoms with Crippen LogP contribution in [0.4, 0.5) is 24.7 Å². The highest BCUT2D eigenvalue weighted by molar-refractivity contribution is 5.96. The Morgan fingerprint density at radius 1 is 1.19 bits per heavy atom. The molecule has 31 heavy (non-hydrogen) atoms. The van der Waals surface area contributed by atoms with Gasteiger partial charge in [-0.05, 0) is 42.3 Å². The molecule has 0 spiro atoms. The molecule has 0 fully saturated rings. The van der Waals surface area contributed by atoms with E-state index in [-0.39, 0.29) is 31.1 Å². The summed E-state index contributed by atoms with van der Waals surface area (Å²) in [7, 11) is 0. The lowest BCUT2D eigenvalue weighted by Crippen LogP contribution is -2.30. The van der Waals surface area contributed by atoms with Crippen LogP contribution in [0, 0.1) is 17.5 Å². The summed E-state index contributed by atoms with van der Waals surface area (Å²) in [5.74, 6) is -1.59. The average Bonchev–Trinajstić information content (AvgIpc) is 3.37. The van der Waals surface area contributed by atoms with E-state index in [1.165, 1.54) is 4.90 Å². The maximum absolute atomic E-state index is 15.5. The minimum atomic E-state index is -0.651. The van der Waals surface area contributed by atoms with Gasteiger partial charge in [-0.3, -0.25) is 4.79 Å². The van der Waals surface area contributed by atoms with E-state index in [1.54, 1.807) is 24.4 Å². The fourth-order valence-electron chi connectivity index (χ4n) is 4.38. The van der Waals surface area contributed by atoms with Gasteiger partial charge in [-0.2, -0.15) is 0 Å². The van der Waals surface area contributed by atoms with Crippen LogP contribution in [0.25, 0.3) is 0 Å². The molecule has 2 N–H and O–H groups in total. The number of aromatic nitrogens is 1. The third-order valence-electron chi connectivity index (χ3n) is 5.89. The number of hydrogen-bond acceptors (Lipinski definition) is 4. The number of ether oxygens (including phenoxy) is 1. The van der Waals surface area contributed by atoms with Crippen molar-refractivity contribution >= 4 is 17.4 Å². The molecule has 3 heterocycles. The molecule has 0 saturated carbocycles. The van der Waals surface area contributed by atoms with Gasteiger partial charge in [0, 0.05) is 35.1 Å². The zero-order chi connectivity index (χ0) is 21.7. The standard InChI is InChI=1S/C23H18F3N3O2/c24-13-1-3-17(25)12(9-13)10-20(30)29-8-6-15-18(29)4-2-14(22(15)26)16-11-31-19-5-7-28-23(27)21(16)19/h1-5,7,9,16H,6,8,10-11H2,(H2,27,28). The molecule has 2 aliphatic rings. The molecule has 5 rings (SSSR count). The Hall–Kier alpha value is -3.55. The van der Waals surface area contributed by atoms with Gasteiger partial charge >= 0.3 is 0 Å². The number of anilines is 2. The SMILES string of the molecule is Nc1nccc2c1C(c1ccc3c(c1F)CCN3C(=O)Cc1cc(F)ccc1F)CO2. The zero-order valence-electron chi connectivity index (χ0n) is 16.4. The van der Waals surface area contributed by atoms with Crippen molar-refractivity contribution in [2.75, 3.05) is 23.8 Å². The Labute approximate surface area is 176 Å². The van der Waals surface area contributed by atoms with Crippen LogP contribution in [0.3, 0.4) is 0 Å². The highest BCUT2D eigenvalue weighted by Crippen LogP contribution is 2.43. The summed E-state index contributed by atoms with van der Waals surface area (Å²) >= 11 is 0. The van der Waals surface area contributed by atoms with E-state index in [1.807, 2.05) is 0 Å². The summed E-state index contributed by atoms with van der Waals surface area (Å²) in [4.78, 5) is 18.3. The molecule has 3 aromatic rings. The molecule has 1 unspecified atom stereocenters. The van der Waals surface area contributed by atoms with Crippen LogP contribution in [-0.2, 0) is 17.6 Å². The van der Waals surface area contributed by atoms with Crippen molar-refractivity contribution in [1.29, 1.82) is 0 Å². The monoisotopic (exact) mass is 425 g/mol. The lowest BCUT2D eigenvalue weighted by atomic mass is 9.91. The number of pyridine rings is 1. The summed E-state index contributed by atoms with van der Waals surface area (Å²) in [5, 5.41) is 0. The van der Waals surface area contributed by atoms with Crippen molar-refractivity contribution in [3.05, 3.63) is 82.3 Å². The average molecular weight is 425 g/mol. The van der Waals surface area contributed by atoms with Crippen molar-refractivity contribution in [2.24, 2.45) is 0 Å². The van der Waals surface area contributed by atoms with E-state index in [2.05, 4.69) is 4.98 Å². The van der Waals surface area contributed by atoms with Crippen molar-refractivity contribution in [2.45, 2.75) is 18.8 Å². The van der Waals surface area contributed by atoms with E-state index in [4.69, 9.17) is 10.5 Å². The van der Waals surface area contributed by atoms with Gasteiger partial charge in [-0.15, -0.1) is 0 Å². The van der Waals surface area contributed by atoms with Gasteiger partial charge in [0.15, 0.2) is 0 Å². The highest BCUT2D eigenvalue weighted by Gasteiger charge is 2.34. The number of fused-ring (bicyclic) bond motifs is 2. The molecule has 5 nitrogen and oxygen atoms in total. The van der Waals surface area contributed by atoms with Gasteiger partial charge in [0.05, 0.1) is 18.9 Å². The molecular formula is C23H18F3N3O2. The van der Waals surface area contributed by atoms with Crippen molar-refractivity contribution in [3.8, 4) is 5.75 Å². The Kier molecular flexibility index (Phi) is 4.57. The lowest BCUT2D eigenvalue weighted by Gasteiger charge is -2.19. The highest BCUT2D eigenvalue weighted by atomic mass is 19.1. The number of carbonyl (C=O) groups is 1. The lowest BCUT2D eigenvalue weighted by molar-refractivity contribution is -0.117. The number of carbonyl (C=O) groups excluding carboxylic acids is 1. The number of rotatable bonds is 3. The molecule has 1 atom stereocenters. The second kappa shape index (κ2) is 7.30. The first-order valence-electron chi connectivity index (χ1n) is 9.86. The van der Waals surface area contributed by atoms with E-state index < -0.39 is 23.4 Å². The van der Waals surface area contributed by atoms with Gasteiger partial charge in [-0.1, -0.05) is 6.07 Å². The van der Waals surface area contributed by atoms with E-state index >= 15 is 4.39 Å². The van der Waals surface area contributed by atoms with E-state index in [0.29, 0.717) is 40.4 Å². The van der Waals surface area contributed by atoms with Gasteiger partial charge in [0.2, 0.25) is 5.91 Å². The number of amides is 1. The molecule has 0 bridgehead atoms. The van der Waals surface area contributed by atoms with Crippen LogP contribution >= 0.6 is 0 Å². The minimum Gasteiger partial charge on any atom is -0.492 e. The number of nitrogens with two attached hydrogens (primary N) is 1. The van der Waals surface area contributed by atoms with Crippen LogP contribution in [0.1, 0.15) is 28.2 Å². The molecular weight excluding hydrogens is 407 g/mol. The summed E-state index contributed by atoms with van der Waals surface area (Å²) in [6, 6.07) is 8.00. The largest absolute Gasteiger partial charge is 0.492 e. The van der Waals surface area contributed by atoms with Gasteiger partial charge in [-0.25, -0.2) is 18.2 Å². The van der Waals surface area contributed by atoms with Crippen LogP contribution in [0.2, 0.25) is 0 Å². The molecule has 0 aliphatic carbocycles. The first kappa shape index (κ1) is 19.4. The normalized spacial score (nSPS) is 16.7. The van der Waals surface area contributed by atoms with Crippen molar-refractivity contribution < 1.29 is 22.7 Å². The molecule has 2 aliphatic heterocycles. The Morgan fingerprint density at radius 2 is 2.03 bits per heavy atom. The molecule has 2 aromatic carbocycles. The van der Waals surface area contributed by atoms with Crippen LogP contribution in [0.15, 0.2) is 42.6 Å². The van der Waals surface area contributed by atoms with Crippen molar-refractivity contribution in [1.82, 2.24) is 4.98 Å². The predicted molar refractivity (Wildman–Crippen MR) is 109 cm³/mol. The smallest absolute Gasteiger partial charge is 0.231 e. The summed E-state index contributed by atoms with van der Waals surface area (Å²) in [6.07, 6.45) is 1.56. The first-order chi connectivity index (χ1) is 14.9. The van der Waals surface area contributed by atoms with Crippen LogP contribution in [0.5, 0.6) is 5.75 Å². The first-order valence-corrected chi connectivity index (χ1v) is 9.86. The fourth-order valence-corrected chi connectivity index (χ4v) is 4.38. The third kappa shape index (κ3) is 3.19. The number of nitrogen functional groups attached to an aromatic ring is 1. The van der Waals surface area contributed by atoms with Crippen LogP contribution < -0.4 is 15.4 Å². The van der Waals surface area contributed by atoms with Gasteiger partial charge in [0.1, 0.15) is 29.0 Å². The molecule has 1 aromatic heterocycles. The van der Waals surface area contributed by atoms with Crippen molar-refractivity contribution in [3.63, 3.8) is 0 Å². The Balaban J connectivity index is 1.45. The Bertz CT molecular complexity index is 1210. The summed E-state index contributed by atoms with van der Waals surface area (Å²) < 4.78 is 48.5. The zero-order valence-corrected chi connectivity index (χ0v) is 16.4. The summed E-state index contributed by atoms with van der Waals surface area (Å²) in [5.41, 5.74) is 7.92.